The largest absolute Gasteiger partial charge is 0.464 e. The molecule has 3 atom stereocenters. The third kappa shape index (κ3) is 2.08. The molecular formula is C21H18O5. The predicted octanol–water partition coefficient (Wildman–Crippen LogP) is 3.43. The lowest BCUT2D eigenvalue weighted by atomic mass is 9.87. The Hall–Kier alpha value is -2.63. The highest BCUT2D eigenvalue weighted by Gasteiger charge is 2.55. The highest BCUT2D eigenvalue weighted by atomic mass is 16.7. The molecule has 5 rings (SSSR count). The lowest BCUT2D eigenvalue weighted by Gasteiger charge is -2.24. The summed E-state index contributed by atoms with van der Waals surface area (Å²) in [5.74, 6) is 0.695. The third-order valence-electron chi connectivity index (χ3n) is 5.30. The maximum absolute atomic E-state index is 12.7. The van der Waals surface area contributed by atoms with Crippen molar-refractivity contribution >= 4 is 11.0 Å². The van der Waals surface area contributed by atoms with Gasteiger partial charge in [-0.2, -0.15) is 0 Å². The number of rotatable bonds is 1. The van der Waals surface area contributed by atoms with E-state index in [0.717, 1.165) is 5.56 Å². The molecule has 1 fully saturated rings. The number of aliphatic hydroxyl groups excluding tert-OH is 1. The van der Waals surface area contributed by atoms with Gasteiger partial charge in [-0.05, 0) is 26.0 Å². The van der Waals surface area contributed by atoms with Crippen molar-refractivity contribution in [3.63, 3.8) is 0 Å². The topological polar surface area (TPSA) is 68.9 Å². The number of ether oxygens (including phenoxy) is 2. The molecule has 3 aromatic rings. The van der Waals surface area contributed by atoms with Crippen LogP contribution >= 0.6 is 0 Å². The molecule has 3 heterocycles. The van der Waals surface area contributed by atoms with Gasteiger partial charge in [0.15, 0.2) is 5.43 Å². The van der Waals surface area contributed by atoms with Crippen LogP contribution in [0.25, 0.3) is 22.3 Å². The summed E-state index contributed by atoms with van der Waals surface area (Å²) in [6, 6.07) is 14.4. The standard InChI is InChI=1S/C21H18O5/c1-21(2)19(23)17-16-14(25-20(17)26-21)9-8-12-13(22)10-15(24-18(12)16)11-6-4-3-5-7-11/h3-10,17,19-20,23H,1-2H3/t17-,19-,20+/m0/s1. The van der Waals surface area contributed by atoms with E-state index in [0.29, 0.717) is 28.0 Å². The molecular weight excluding hydrogens is 332 g/mol. The Morgan fingerprint density at radius 2 is 1.85 bits per heavy atom. The van der Waals surface area contributed by atoms with Crippen LogP contribution in [0.5, 0.6) is 5.75 Å². The Labute approximate surface area is 149 Å². The van der Waals surface area contributed by atoms with Crippen LogP contribution in [0.15, 0.2) is 57.7 Å². The zero-order chi connectivity index (χ0) is 18.1. The Balaban J connectivity index is 1.77. The summed E-state index contributed by atoms with van der Waals surface area (Å²) in [7, 11) is 0. The van der Waals surface area contributed by atoms with Gasteiger partial charge in [-0.15, -0.1) is 0 Å². The minimum absolute atomic E-state index is 0.121. The average Bonchev–Trinajstić information content (AvgIpc) is 3.08. The van der Waals surface area contributed by atoms with Crippen molar-refractivity contribution in [2.24, 2.45) is 0 Å². The first-order valence-electron chi connectivity index (χ1n) is 8.64. The minimum Gasteiger partial charge on any atom is -0.464 e. The van der Waals surface area contributed by atoms with Gasteiger partial charge < -0.3 is 19.0 Å². The van der Waals surface area contributed by atoms with Crippen LogP contribution in [0.4, 0.5) is 0 Å². The van der Waals surface area contributed by atoms with Crippen molar-refractivity contribution in [3.05, 3.63) is 64.3 Å². The van der Waals surface area contributed by atoms with Crippen molar-refractivity contribution in [1.29, 1.82) is 0 Å². The Morgan fingerprint density at radius 3 is 2.62 bits per heavy atom. The maximum atomic E-state index is 12.7. The summed E-state index contributed by atoms with van der Waals surface area (Å²) in [6.45, 7) is 3.66. The highest BCUT2D eigenvalue weighted by Crippen LogP contribution is 2.52. The molecule has 0 spiro atoms. The molecule has 5 heteroatoms. The van der Waals surface area contributed by atoms with Crippen molar-refractivity contribution in [1.82, 2.24) is 0 Å². The van der Waals surface area contributed by atoms with Gasteiger partial charge >= 0.3 is 0 Å². The fourth-order valence-corrected chi connectivity index (χ4v) is 3.92. The number of benzene rings is 2. The Bertz CT molecular complexity index is 1070. The SMILES string of the molecule is CC1(C)O[C@H]2Oc3ccc4c(=O)cc(-c5ccccc5)oc4c3[C@H]2[C@@H]1O. The molecule has 0 unspecified atom stereocenters. The fraction of sp³-hybridized carbons (Fsp3) is 0.286. The molecule has 26 heavy (non-hydrogen) atoms. The van der Waals surface area contributed by atoms with Gasteiger partial charge in [0, 0.05) is 17.2 Å². The number of hydrogen-bond acceptors (Lipinski definition) is 5. The molecule has 5 nitrogen and oxygen atoms in total. The van der Waals surface area contributed by atoms with Gasteiger partial charge in [0.1, 0.15) is 17.1 Å². The third-order valence-corrected chi connectivity index (χ3v) is 5.30. The lowest BCUT2D eigenvalue weighted by Crippen LogP contribution is -2.34. The van der Waals surface area contributed by atoms with E-state index in [9.17, 15) is 9.90 Å². The maximum Gasteiger partial charge on any atom is 0.210 e. The molecule has 0 saturated carbocycles. The van der Waals surface area contributed by atoms with E-state index in [1.54, 1.807) is 12.1 Å². The molecule has 2 aliphatic rings. The van der Waals surface area contributed by atoms with E-state index in [1.165, 1.54) is 6.07 Å². The van der Waals surface area contributed by atoms with Crippen LogP contribution in [0.1, 0.15) is 25.3 Å². The molecule has 0 bridgehead atoms. The zero-order valence-electron chi connectivity index (χ0n) is 14.4. The number of fused-ring (bicyclic) bond motifs is 5. The smallest absolute Gasteiger partial charge is 0.210 e. The summed E-state index contributed by atoms with van der Waals surface area (Å²) >= 11 is 0. The van der Waals surface area contributed by atoms with E-state index >= 15 is 0 Å². The second-order valence-electron chi connectivity index (χ2n) is 7.37. The van der Waals surface area contributed by atoms with Crippen LogP contribution in [0.2, 0.25) is 0 Å². The van der Waals surface area contributed by atoms with E-state index < -0.39 is 23.9 Å². The lowest BCUT2D eigenvalue weighted by molar-refractivity contribution is -0.118. The molecule has 132 valence electrons. The van der Waals surface area contributed by atoms with Crippen LogP contribution in [-0.2, 0) is 4.74 Å². The summed E-state index contributed by atoms with van der Waals surface area (Å²) < 4.78 is 17.9. The van der Waals surface area contributed by atoms with Crippen molar-refractivity contribution < 1.29 is 19.0 Å². The van der Waals surface area contributed by atoms with Gasteiger partial charge in [0.05, 0.1) is 23.0 Å². The van der Waals surface area contributed by atoms with E-state index in [1.807, 2.05) is 44.2 Å². The second kappa shape index (κ2) is 5.19. The van der Waals surface area contributed by atoms with Crippen LogP contribution in [0, 0.1) is 0 Å². The Morgan fingerprint density at radius 1 is 1.08 bits per heavy atom. The van der Waals surface area contributed by atoms with Gasteiger partial charge in [0.25, 0.3) is 0 Å². The van der Waals surface area contributed by atoms with Crippen molar-refractivity contribution in [2.75, 3.05) is 0 Å². The molecule has 0 amide bonds. The first-order chi connectivity index (χ1) is 12.5. The molecule has 2 aromatic carbocycles. The normalized spacial score (nSPS) is 25.7. The summed E-state index contributed by atoms with van der Waals surface area (Å²) in [5, 5.41) is 11.2. The number of aliphatic hydroxyl groups is 1. The molecule has 1 saturated heterocycles. The van der Waals surface area contributed by atoms with E-state index in [-0.39, 0.29) is 5.43 Å². The van der Waals surface area contributed by atoms with Crippen LogP contribution in [-0.4, -0.2) is 23.1 Å². The summed E-state index contributed by atoms with van der Waals surface area (Å²) in [4.78, 5) is 12.7. The minimum atomic E-state index is -0.759. The first kappa shape index (κ1) is 15.6. The van der Waals surface area contributed by atoms with Crippen molar-refractivity contribution in [3.8, 4) is 17.1 Å². The van der Waals surface area contributed by atoms with Crippen LogP contribution < -0.4 is 10.2 Å². The first-order valence-corrected chi connectivity index (χ1v) is 8.64. The molecule has 0 aliphatic carbocycles. The van der Waals surface area contributed by atoms with E-state index in [4.69, 9.17) is 13.9 Å². The zero-order valence-corrected chi connectivity index (χ0v) is 14.4. The summed E-state index contributed by atoms with van der Waals surface area (Å²) in [5.41, 5.74) is 1.14. The molecule has 1 N–H and O–H groups in total. The van der Waals surface area contributed by atoms with Crippen molar-refractivity contribution in [2.45, 2.75) is 37.8 Å². The average molecular weight is 350 g/mol. The monoisotopic (exact) mass is 350 g/mol. The van der Waals surface area contributed by atoms with Gasteiger partial charge in [-0.1, -0.05) is 30.3 Å². The molecule has 2 aliphatic heterocycles. The molecule has 1 aromatic heterocycles. The summed E-state index contributed by atoms with van der Waals surface area (Å²) in [6.07, 6.45) is -1.34. The predicted molar refractivity (Wildman–Crippen MR) is 96.2 cm³/mol. The quantitative estimate of drug-likeness (QED) is 0.728. The van der Waals surface area contributed by atoms with Gasteiger partial charge in [-0.25, -0.2) is 0 Å². The highest BCUT2D eigenvalue weighted by molar-refractivity contribution is 5.85. The second-order valence-corrected chi connectivity index (χ2v) is 7.37. The number of hydrogen-bond donors (Lipinski definition) is 1. The van der Waals surface area contributed by atoms with E-state index in [2.05, 4.69) is 0 Å². The van der Waals surface area contributed by atoms with Crippen LogP contribution in [0.3, 0.4) is 0 Å². The Kier molecular flexibility index (Phi) is 3.12. The fourth-order valence-electron chi connectivity index (χ4n) is 3.92. The molecule has 0 radical (unpaired) electrons. The van der Waals surface area contributed by atoms with Gasteiger partial charge in [0.2, 0.25) is 6.29 Å². The van der Waals surface area contributed by atoms with Gasteiger partial charge in [-0.3, -0.25) is 4.79 Å².